The number of nitrogens with zero attached hydrogens (tertiary/aromatic N) is 6. The maximum atomic E-state index is 13.9. The predicted molar refractivity (Wildman–Crippen MR) is 75.0 cm³/mol. The SMILES string of the molecule is Fc1ccc(-c2nn3c(-c4cnccn4)nnc3s2)c(F)c1. The Bertz CT molecular complexity index is 965. The highest BCUT2D eigenvalue weighted by atomic mass is 32.1. The van der Waals surface area contributed by atoms with Crippen molar-refractivity contribution >= 4 is 16.3 Å². The number of halogens is 2. The van der Waals surface area contributed by atoms with Crippen LogP contribution in [0.25, 0.3) is 27.1 Å². The van der Waals surface area contributed by atoms with Gasteiger partial charge in [0.15, 0.2) is 5.01 Å². The van der Waals surface area contributed by atoms with E-state index < -0.39 is 11.6 Å². The first-order valence-corrected chi connectivity index (χ1v) is 6.98. The second-order valence-electron chi connectivity index (χ2n) is 4.34. The summed E-state index contributed by atoms with van der Waals surface area (Å²) >= 11 is 1.15. The van der Waals surface area contributed by atoms with Gasteiger partial charge in [-0.1, -0.05) is 11.3 Å². The Labute approximate surface area is 126 Å². The highest BCUT2D eigenvalue weighted by Crippen LogP contribution is 2.29. The van der Waals surface area contributed by atoms with Crippen molar-refractivity contribution in [2.45, 2.75) is 0 Å². The fourth-order valence-electron chi connectivity index (χ4n) is 1.96. The van der Waals surface area contributed by atoms with Crippen LogP contribution in [0.4, 0.5) is 8.78 Å². The molecule has 0 bridgehead atoms. The first-order chi connectivity index (χ1) is 10.7. The third-order valence-corrected chi connectivity index (χ3v) is 3.88. The van der Waals surface area contributed by atoms with Gasteiger partial charge in [-0.25, -0.2) is 13.8 Å². The van der Waals surface area contributed by atoms with Gasteiger partial charge in [0.25, 0.3) is 0 Å². The summed E-state index contributed by atoms with van der Waals surface area (Å²) in [5.74, 6) is -0.899. The van der Waals surface area contributed by atoms with Gasteiger partial charge in [0.05, 0.1) is 6.20 Å². The first-order valence-electron chi connectivity index (χ1n) is 6.16. The van der Waals surface area contributed by atoms with Gasteiger partial charge in [0.2, 0.25) is 10.8 Å². The number of fused-ring (bicyclic) bond motifs is 1. The molecule has 0 radical (unpaired) electrons. The lowest BCUT2D eigenvalue weighted by Crippen LogP contribution is -1.94. The van der Waals surface area contributed by atoms with E-state index in [0.29, 0.717) is 21.5 Å². The molecular weight excluding hydrogens is 310 g/mol. The third kappa shape index (κ3) is 2.02. The van der Waals surface area contributed by atoms with Crippen molar-refractivity contribution in [3.8, 4) is 22.1 Å². The minimum absolute atomic E-state index is 0.210. The lowest BCUT2D eigenvalue weighted by atomic mass is 10.2. The van der Waals surface area contributed by atoms with Crippen LogP contribution in [0.15, 0.2) is 36.8 Å². The first kappa shape index (κ1) is 12.9. The molecule has 0 atom stereocenters. The Hall–Kier alpha value is -2.81. The molecule has 0 aliphatic carbocycles. The molecule has 4 aromatic rings. The zero-order valence-corrected chi connectivity index (χ0v) is 11.6. The van der Waals surface area contributed by atoms with Crippen molar-refractivity contribution in [2.75, 3.05) is 0 Å². The van der Waals surface area contributed by atoms with E-state index in [1.165, 1.54) is 29.0 Å². The van der Waals surface area contributed by atoms with Crippen molar-refractivity contribution in [1.82, 2.24) is 29.8 Å². The number of hydrogen-bond acceptors (Lipinski definition) is 6. The highest BCUT2D eigenvalue weighted by Gasteiger charge is 2.17. The summed E-state index contributed by atoms with van der Waals surface area (Å²) in [4.78, 5) is 8.59. The average molecular weight is 316 g/mol. The molecule has 0 N–H and O–H groups in total. The Kier molecular flexibility index (Phi) is 2.86. The maximum absolute atomic E-state index is 13.9. The Morgan fingerprint density at radius 2 is 2.00 bits per heavy atom. The molecule has 0 saturated carbocycles. The van der Waals surface area contributed by atoms with Crippen molar-refractivity contribution in [1.29, 1.82) is 0 Å². The van der Waals surface area contributed by atoms with Crippen LogP contribution in [0, 0.1) is 11.6 Å². The predicted octanol–water partition coefficient (Wildman–Crippen LogP) is 2.59. The summed E-state index contributed by atoms with van der Waals surface area (Å²) < 4.78 is 28.3. The van der Waals surface area contributed by atoms with Crippen molar-refractivity contribution in [2.24, 2.45) is 0 Å². The second-order valence-corrected chi connectivity index (χ2v) is 5.30. The molecule has 9 heteroatoms. The van der Waals surface area contributed by atoms with Crippen LogP contribution in [0.1, 0.15) is 0 Å². The van der Waals surface area contributed by atoms with Crippen LogP contribution >= 0.6 is 11.3 Å². The second kappa shape index (κ2) is 4.88. The lowest BCUT2D eigenvalue weighted by molar-refractivity contribution is 0.585. The molecule has 0 unspecified atom stereocenters. The van der Waals surface area contributed by atoms with Crippen LogP contribution in [0.2, 0.25) is 0 Å². The number of hydrogen-bond donors (Lipinski definition) is 0. The van der Waals surface area contributed by atoms with Gasteiger partial charge in [-0.2, -0.15) is 9.61 Å². The van der Waals surface area contributed by atoms with Crippen LogP contribution in [0.5, 0.6) is 0 Å². The van der Waals surface area contributed by atoms with E-state index in [1.54, 1.807) is 6.20 Å². The van der Waals surface area contributed by atoms with E-state index in [2.05, 4.69) is 25.3 Å². The fraction of sp³-hybridized carbons (Fsp3) is 0. The van der Waals surface area contributed by atoms with Crippen molar-refractivity contribution in [3.63, 3.8) is 0 Å². The summed E-state index contributed by atoms with van der Waals surface area (Å²) in [5.41, 5.74) is 0.716. The van der Waals surface area contributed by atoms with Gasteiger partial charge < -0.3 is 0 Å². The fourth-order valence-corrected chi connectivity index (χ4v) is 2.83. The minimum Gasteiger partial charge on any atom is -0.261 e. The van der Waals surface area contributed by atoms with E-state index in [4.69, 9.17) is 0 Å². The molecule has 0 fully saturated rings. The largest absolute Gasteiger partial charge is 0.261 e. The van der Waals surface area contributed by atoms with Crippen molar-refractivity contribution in [3.05, 3.63) is 48.4 Å². The Morgan fingerprint density at radius 1 is 1.09 bits per heavy atom. The molecule has 108 valence electrons. The normalized spacial score (nSPS) is 11.2. The zero-order chi connectivity index (χ0) is 15.1. The van der Waals surface area contributed by atoms with Gasteiger partial charge >= 0.3 is 0 Å². The minimum atomic E-state index is -0.675. The molecule has 3 aromatic heterocycles. The van der Waals surface area contributed by atoms with Gasteiger partial charge in [-0.05, 0) is 12.1 Å². The van der Waals surface area contributed by atoms with E-state index in [0.717, 1.165) is 17.4 Å². The summed E-state index contributed by atoms with van der Waals surface area (Å²) in [6.07, 6.45) is 4.61. The van der Waals surface area contributed by atoms with Gasteiger partial charge in [-0.3, -0.25) is 4.98 Å². The number of rotatable bonds is 2. The Balaban J connectivity index is 1.87. The smallest absolute Gasteiger partial charge is 0.235 e. The third-order valence-electron chi connectivity index (χ3n) is 2.94. The van der Waals surface area contributed by atoms with Crippen LogP contribution in [-0.2, 0) is 0 Å². The summed E-state index contributed by atoms with van der Waals surface area (Å²) in [5, 5.41) is 12.7. The summed E-state index contributed by atoms with van der Waals surface area (Å²) in [7, 11) is 0. The quantitative estimate of drug-likeness (QED) is 0.568. The van der Waals surface area contributed by atoms with E-state index in [1.807, 2.05) is 0 Å². The van der Waals surface area contributed by atoms with Gasteiger partial charge in [0.1, 0.15) is 17.3 Å². The molecule has 3 heterocycles. The molecule has 0 aliphatic heterocycles. The molecule has 0 saturated heterocycles. The topological polar surface area (TPSA) is 68.9 Å². The van der Waals surface area contributed by atoms with E-state index in [9.17, 15) is 8.78 Å². The molecule has 6 nitrogen and oxygen atoms in total. The van der Waals surface area contributed by atoms with E-state index >= 15 is 0 Å². The number of aromatic nitrogens is 6. The van der Waals surface area contributed by atoms with Crippen LogP contribution in [-0.4, -0.2) is 29.8 Å². The van der Waals surface area contributed by atoms with Crippen LogP contribution < -0.4 is 0 Å². The molecule has 0 amide bonds. The molecule has 0 aliphatic rings. The maximum Gasteiger partial charge on any atom is 0.235 e. The van der Waals surface area contributed by atoms with E-state index in [-0.39, 0.29) is 5.56 Å². The standard InChI is InChI=1S/C13H6F2N6S/c14-7-1-2-8(9(15)5-7)12-20-21-11(18-19-13(21)22-12)10-6-16-3-4-17-10/h1-6H. The molecular formula is C13H6F2N6S. The monoisotopic (exact) mass is 316 g/mol. The molecule has 22 heavy (non-hydrogen) atoms. The molecule has 0 spiro atoms. The highest BCUT2D eigenvalue weighted by molar-refractivity contribution is 7.19. The summed E-state index contributed by atoms with van der Waals surface area (Å²) in [6.45, 7) is 0. The van der Waals surface area contributed by atoms with Crippen LogP contribution in [0.3, 0.4) is 0 Å². The number of benzene rings is 1. The van der Waals surface area contributed by atoms with Crippen molar-refractivity contribution < 1.29 is 8.78 Å². The van der Waals surface area contributed by atoms with Gasteiger partial charge in [-0.15, -0.1) is 10.2 Å². The average Bonchev–Trinajstić information content (AvgIpc) is 3.08. The lowest BCUT2D eigenvalue weighted by Gasteiger charge is -1.98. The van der Waals surface area contributed by atoms with Gasteiger partial charge in [0, 0.05) is 24.0 Å². The zero-order valence-electron chi connectivity index (χ0n) is 10.8. The summed E-state index contributed by atoms with van der Waals surface area (Å²) in [6, 6.07) is 3.35. The molecule has 1 aromatic carbocycles. The Morgan fingerprint density at radius 3 is 2.77 bits per heavy atom. The molecule has 4 rings (SSSR count).